The molecule has 0 spiro atoms. The van der Waals surface area contributed by atoms with Crippen molar-refractivity contribution in [2.45, 2.75) is 13.0 Å². The van der Waals surface area contributed by atoms with E-state index in [9.17, 15) is 4.79 Å². The van der Waals surface area contributed by atoms with Crippen LogP contribution in [0.5, 0.6) is 0 Å². The molecule has 0 atom stereocenters. The summed E-state index contributed by atoms with van der Waals surface area (Å²) in [5, 5.41) is 2.82. The zero-order valence-corrected chi connectivity index (χ0v) is 9.91. The Hall–Kier alpha value is -2.37. The second-order valence-corrected chi connectivity index (χ2v) is 3.87. The van der Waals surface area contributed by atoms with Gasteiger partial charge in [0.05, 0.1) is 23.8 Å². The molecule has 0 aliphatic rings. The Labute approximate surface area is 105 Å². The number of carbonyl (C=O) groups is 1. The quantitative estimate of drug-likeness (QED) is 0.758. The van der Waals surface area contributed by atoms with Gasteiger partial charge in [-0.05, 0) is 12.5 Å². The van der Waals surface area contributed by atoms with E-state index in [1.807, 2.05) is 10.8 Å². The fourth-order valence-corrected chi connectivity index (χ4v) is 1.59. The highest BCUT2D eigenvalue weighted by molar-refractivity contribution is 5.98. The molecule has 0 bridgehead atoms. The third-order valence-electron chi connectivity index (χ3n) is 2.53. The zero-order chi connectivity index (χ0) is 12.8. The van der Waals surface area contributed by atoms with Gasteiger partial charge in [-0.25, -0.2) is 4.98 Å². The number of anilines is 1. The molecule has 2 aromatic heterocycles. The van der Waals surface area contributed by atoms with E-state index in [1.165, 1.54) is 6.20 Å². The zero-order valence-electron chi connectivity index (χ0n) is 9.91. The van der Waals surface area contributed by atoms with Crippen LogP contribution < -0.4 is 11.1 Å². The number of aryl methyl sites for hydroxylation is 1. The predicted molar refractivity (Wildman–Crippen MR) is 67.8 cm³/mol. The Morgan fingerprint density at radius 3 is 3.00 bits per heavy atom. The van der Waals surface area contributed by atoms with Crippen LogP contribution in [0.2, 0.25) is 0 Å². The molecule has 94 valence electrons. The lowest BCUT2D eigenvalue weighted by Crippen LogP contribution is -2.26. The van der Waals surface area contributed by atoms with Crippen LogP contribution in [-0.4, -0.2) is 27.0 Å². The first-order valence-corrected chi connectivity index (χ1v) is 5.71. The number of nitrogens with one attached hydrogen (secondary N) is 1. The van der Waals surface area contributed by atoms with Gasteiger partial charge >= 0.3 is 0 Å². The third kappa shape index (κ3) is 3.07. The smallest absolute Gasteiger partial charge is 0.253 e. The first-order valence-electron chi connectivity index (χ1n) is 5.71. The molecule has 0 fully saturated rings. The monoisotopic (exact) mass is 245 g/mol. The van der Waals surface area contributed by atoms with Crippen molar-refractivity contribution in [3.63, 3.8) is 0 Å². The summed E-state index contributed by atoms with van der Waals surface area (Å²) in [5.41, 5.74) is 6.53. The maximum atomic E-state index is 11.8. The molecule has 0 radical (unpaired) electrons. The van der Waals surface area contributed by atoms with Crippen molar-refractivity contribution in [2.24, 2.45) is 0 Å². The number of nitrogen functional groups attached to an aromatic ring is 1. The maximum absolute atomic E-state index is 11.8. The lowest BCUT2D eigenvalue weighted by atomic mass is 10.2. The van der Waals surface area contributed by atoms with Crippen LogP contribution in [0.15, 0.2) is 37.2 Å². The average Bonchev–Trinajstić information content (AvgIpc) is 2.88. The predicted octanol–water partition coefficient (Wildman–Crippen LogP) is 0.680. The van der Waals surface area contributed by atoms with Gasteiger partial charge in [-0.1, -0.05) is 0 Å². The minimum absolute atomic E-state index is 0.166. The Morgan fingerprint density at radius 1 is 1.39 bits per heavy atom. The van der Waals surface area contributed by atoms with Crippen molar-refractivity contribution in [1.29, 1.82) is 0 Å². The van der Waals surface area contributed by atoms with Crippen LogP contribution in [0.3, 0.4) is 0 Å². The average molecular weight is 245 g/mol. The maximum Gasteiger partial charge on any atom is 0.253 e. The summed E-state index contributed by atoms with van der Waals surface area (Å²) in [7, 11) is 0. The molecule has 1 amide bonds. The molecule has 0 saturated carbocycles. The van der Waals surface area contributed by atoms with Gasteiger partial charge in [0.1, 0.15) is 0 Å². The van der Waals surface area contributed by atoms with Gasteiger partial charge < -0.3 is 15.6 Å². The van der Waals surface area contributed by atoms with Crippen LogP contribution in [0.4, 0.5) is 5.69 Å². The van der Waals surface area contributed by atoms with Crippen molar-refractivity contribution < 1.29 is 4.79 Å². The van der Waals surface area contributed by atoms with Crippen molar-refractivity contribution in [1.82, 2.24) is 19.9 Å². The molecule has 2 rings (SSSR count). The topological polar surface area (TPSA) is 85.8 Å². The molecule has 0 aliphatic heterocycles. The number of nitrogens with zero attached hydrogens (tertiary/aromatic N) is 3. The number of amides is 1. The number of pyridine rings is 1. The fourth-order valence-electron chi connectivity index (χ4n) is 1.59. The molecule has 0 aromatic carbocycles. The van der Waals surface area contributed by atoms with Crippen LogP contribution in [-0.2, 0) is 6.54 Å². The number of nitrogens with two attached hydrogens (primary N) is 1. The van der Waals surface area contributed by atoms with Crippen molar-refractivity contribution in [3.8, 4) is 0 Å². The Balaban J connectivity index is 1.77. The van der Waals surface area contributed by atoms with Crippen molar-refractivity contribution in [3.05, 3.63) is 42.7 Å². The molecular formula is C12H15N5O. The molecule has 18 heavy (non-hydrogen) atoms. The molecule has 0 aliphatic carbocycles. The van der Waals surface area contributed by atoms with Gasteiger partial charge in [0.2, 0.25) is 0 Å². The van der Waals surface area contributed by atoms with E-state index in [4.69, 9.17) is 5.73 Å². The summed E-state index contributed by atoms with van der Waals surface area (Å²) >= 11 is 0. The van der Waals surface area contributed by atoms with Crippen LogP contribution in [0.25, 0.3) is 0 Å². The normalized spacial score (nSPS) is 10.2. The summed E-state index contributed by atoms with van der Waals surface area (Å²) in [4.78, 5) is 19.6. The molecule has 6 heteroatoms. The standard InChI is InChI=1S/C12H15N5O/c13-11-8-14-4-2-10(11)12(18)16-3-1-6-17-7-5-15-9-17/h2,4-5,7-9H,1,3,6,13H2,(H,16,18). The summed E-state index contributed by atoms with van der Waals surface area (Å²) < 4.78 is 1.97. The van der Waals surface area contributed by atoms with Crippen LogP contribution in [0.1, 0.15) is 16.8 Å². The van der Waals surface area contributed by atoms with Crippen molar-refractivity contribution in [2.75, 3.05) is 12.3 Å². The summed E-state index contributed by atoms with van der Waals surface area (Å²) in [6.07, 6.45) is 9.24. The number of hydrogen-bond acceptors (Lipinski definition) is 4. The van der Waals surface area contributed by atoms with E-state index in [0.29, 0.717) is 17.8 Å². The van der Waals surface area contributed by atoms with Gasteiger partial charge in [-0.3, -0.25) is 9.78 Å². The van der Waals surface area contributed by atoms with Gasteiger partial charge in [0.15, 0.2) is 0 Å². The van der Waals surface area contributed by atoms with E-state index in [1.54, 1.807) is 24.8 Å². The minimum Gasteiger partial charge on any atom is -0.397 e. The third-order valence-corrected chi connectivity index (χ3v) is 2.53. The minimum atomic E-state index is -0.166. The number of imidazole rings is 1. The summed E-state index contributed by atoms with van der Waals surface area (Å²) in [6.45, 7) is 1.42. The first kappa shape index (κ1) is 12.1. The molecule has 3 N–H and O–H groups in total. The number of hydrogen-bond donors (Lipinski definition) is 2. The Kier molecular flexibility index (Phi) is 3.90. The number of carbonyl (C=O) groups excluding carboxylic acids is 1. The van der Waals surface area contributed by atoms with E-state index in [0.717, 1.165) is 13.0 Å². The summed E-state index contributed by atoms with van der Waals surface area (Å²) in [5.74, 6) is -0.166. The molecule has 2 heterocycles. The lowest BCUT2D eigenvalue weighted by Gasteiger charge is -2.07. The molecule has 0 saturated heterocycles. The van der Waals surface area contributed by atoms with Gasteiger partial charge in [0.25, 0.3) is 5.91 Å². The molecule has 6 nitrogen and oxygen atoms in total. The Morgan fingerprint density at radius 2 is 2.28 bits per heavy atom. The van der Waals surface area contributed by atoms with E-state index in [2.05, 4.69) is 15.3 Å². The van der Waals surface area contributed by atoms with Crippen LogP contribution >= 0.6 is 0 Å². The first-order chi connectivity index (χ1) is 8.77. The molecule has 0 unspecified atom stereocenters. The van der Waals surface area contributed by atoms with Gasteiger partial charge in [0, 0.05) is 31.7 Å². The number of rotatable bonds is 5. The largest absolute Gasteiger partial charge is 0.397 e. The van der Waals surface area contributed by atoms with Crippen LogP contribution in [0, 0.1) is 0 Å². The Bertz CT molecular complexity index is 509. The highest BCUT2D eigenvalue weighted by Crippen LogP contribution is 2.07. The molecular weight excluding hydrogens is 230 g/mol. The second-order valence-electron chi connectivity index (χ2n) is 3.87. The highest BCUT2D eigenvalue weighted by atomic mass is 16.1. The van der Waals surface area contributed by atoms with Crippen molar-refractivity contribution >= 4 is 11.6 Å². The van der Waals surface area contributed by atoms with E-state index in [-0.39, 0.29) is 5.91 Å². The summed E-state index contributed by atoms with van der Waals surface area (Å²) in [6, 6.07) is 1.61. The fraction of sp³-hybridized carbons (Fsp3) is 0.250. The number of aromatic nitrogens is 3. The van der Waals surface area contributed by atoms with E-state index < -0.39 is 0 Å². The van der Waals surface area contributed by atoms with Gasteiger partial charge in [-0.15, -0.1) is 0 Å². The second kappa shape index (κ2) is 5.81. The SMILES string of the molecule is Nc1cnccc1C(=O)NCCCn1ccnc1. The van der Waals surface area contributed by atoms with Gasteiger partial charge in [-0.2, -0.15) is 0 Å². The van der Waals surface area contributed by atoms with E-state index >= 15 is 0 Å². The molecule has 2 aromatic rings. The highest BCUT2D eigenvalue weighted by Gasteiger charge is 2.07. The lowest BCUT2D eigenvalue weighted by molar-refractivity contribution is 0.0953.